The molecule has 1 heterocycles. The number of piperazine rings is 1. The lowest BCUT2D eigenvalue weighted by Gasteiger charge is -2.33. The van der Waals surface area contributed by atoms with Crippen LogP contribution in [0.3, 0.4) is 0 Å². The molecule has 92 valence electrons. The second-order valence-electron chi connectivity index (χ2n) is 3.99. The van der Waals surface area contributed by atoms with Crippen LogP contribution in [0.5, 0.6) is 0 Å². The highest BCUT2D eigenvalue weighted by Crippen LogP contribution is 2.21. The molecule has 0 bridgehead atoms. The summed E-state index contributed by atoms with van der Waals surface area (Å²) in [7, 11) is 0. The van der Waals surface area contributed by atoms with Gasteiger partial charge in [0.2, 0.25) is 0 Å². The zero-order valence-corrected chi connectivity index (χ0v) is 9.13. The highest BCUT2D eigenvalue weighted by atomic mass is 19.4. The Morgan fingerprint density at radius 2 is 1.62 bits per heavy atom. The number of nitrogens with zero attached hydrogens (tertiary/aromatic N) is 3. The van der Waals surface area contributed by atoms with E-state index in [1.165, 1.54) is 0 Å². The minimum Gasteiger partial charge on any atom is -0.301 e. The van der Waals surface area contributed by atoms with Crippen LogP contribution < -0.4 is 0 Å². The van der Waals surface area contributed by atoms with Gasteiger partial charge in [0.1, 0.15) is 0 Å². The lowest BCUT2D eigenvalue weighted by molar-refractivity contribution is -0.136. The van der Waals surface area contributed by atoms with Gasteiger partial charge in [-0.05, 0) is 13.0 Å². The molecule has 0 aromatic carbocycles. The molecule has 0 amide bonds. The summed E-state index contributed by atoms with van der Waals surface area (Å²) in [6, 6.07) is 2.07. The van der Waals surface area contributed by atoms with Crippen molar-refractivity contribution < 1.29 is 13.2 Å². The van der Waals surface area contributed by atoms with Crippen molar-refractivity contribution in [3.63, 3.8) is 0 Å². The van der Waals surface area contributed by atoms with Crippen LogP contribution in [0.1, 0.15) is 12.8 Å². The van der Waals surface area contributed by atoms with Crippen LogP contribution in [0, 0.1) is 11.3 Å². The average Bonchev–Trinajstić information content (AvgIpc) is 2.19. The van der Waals surface area contributed by atoms with Gasteiger partial charge in [-0.1, -0.05) is 0 Å². The van der Waals surface area contributed by atoms with Crippen LogP contribution in [0.2, 0.25) is 0 Å². The summed E-state index contributed by atoms with van der Waals surface area (Å²) in [5.41, 5.74) is 0. The smallest absolute Gasteiger partial charge is 0.301 e. The van der Waals surface area contributed by atoms with Gasteiger partial charge in [0.05, 0.1) is 12.6 Å². The molecule has 0 N–H and O–H groups in total. The first kappa shape index (κ1) is 13.3. The van der Waals surface area contributed by atoms with E-state index >= 15 is 0 Å². The lowest BCUT2D eigenvalue weighted by atomic mass is 10.2. The number of halogens is 3. The van der Waals surface area contributed by atoms with E-state index in [0.717, 1.165) is 26.2 Å². The van der Waals surface area contributed by atoms with Crippen molar-refractivity contribution in [2.45, 2.75) is 19.0 Å². The van der Waals surface area contributed by atoms with Crippen molar-refractivity contribution in [2.75, 3.05) is 39.3 Å². The first-order valence-corrected chi connectivity index (χ1v) is 5.40. The zero-order valence-electron chi connectivity index (χ0n) is 9.13. The summed E-state index contributed by atoms with van der Waals surface area (Å²) < 4.78 is 35.7. The Balaban J connectivity index is 2.11. The molecular formula is C10H16F3N3. The molecular weight excluding hydrogens is 219 g/mol. The highest BCUT2D eigenvalue weighted by Gasteiger charge is 2.26. The number of nitriles is 1. The number of alkyl halides is 3. The van der Waals surface area contributed by atoms with Crippen LogP contribution in [0.15, 0.2) is 0 Å². The summed E-state index contributed by atoms with van der Waals surface area (Å²) in [6.07, 6.45) is -4.57. The van der Waals surface area contributed by atoms with E-state index in [-0.39, 0.29) is 6.42 Å². The Morgan fingerprint density at radius 1 is 1.06 bits per heavy atom. The molecule has 1 fully saturated rings. The van der Waals surface area contributed by atoms with Gasteiger partial charge < -0.3 is 4.90 Å². The van der Waals surface area contributed by atoms with E-state index in [0.29, 0.717) is 13.1 Å². The van der Waals surface area contributed by atoms with Crippen LogP contribution in [-0.4, -0.2) is 55.2 Å². The Morgan fingerprint density at radius 3 is 2.12 bits per heavy atom. The van der Waals surface area contributed by atoms with E-state index in [9.17, 15) is 13.2 Å². The van der Waals surface area contributed by atoms with Crippen LogP contribution >= 0.6 is 0 Å². The van der Waals surface area contributed by atoms with Crippen molar-refractivity contribution >= 4 is 0 Å². The zero-order chi connectivity index (χ0) is 12.0. The maximum atomic E-state index is 11.9. The summed E-state index contributed by atoms with van der Waals surface area (Å²) >= 11 is 0. The minimum atomic E-state index is -4.04. The molecule has 0 saturated carbocycles. The van der Waals surface area contributed by atoms with Gasteiger partial charge in [-0.2, -0.15) is 18.4 Å². The quantitative estimate of drug-likeness (QED) is 0.691. The Hall–Kier alpha value is -0.800. The largest absolute Gasteiger partial charge is 0.389 e. The normalized spacial score (nSPS) is 19.6. The van der Waals surface area contributed by atoms with E-state index < -0.39 is 12.6 Å². The molecule has 0 aromatic rings. The Labute approximate surface area is 93.4 Å². The predicted octanol–water partition coefficient (Wildman–Crippen LogP) is 1.47. The third kappa shape index (κ3) is 5.33. The molecule has 1 aliphatic rings. The Bertz CT molecular complexity index is 239. The maximum absolute atomic E-state index is 11.9. The summed E-state index contributed by atoms with van der Waals surface area (Å²) in [5.74, 6) is 0. The molecule has 0 aliphatic carbocycles. The molecule has 0 aromatic heterocycles. The molecule has 0 spiro atoms. The Kier molecular flexibility index (Phi) is 5.03. The fraction of sp³-hybridized carbons (Fsp3) is 0.900. The third-order valence-electron chi connectivity index (χ3n) is 2.69. The van der Waals surface area contributed by atoms with Gasteiger partial charge in [0.25, 0.3) is 0 Å². The fourth-order valence-corrected chi connectivity index (χ4v) is 1.77. The molecule has 1 saturated heterocycles. The fourth-order valence-electron chi connectivity index (χ4n) is 1.77. The van der Waals surface area contributed by atoms with Crippen LogP contribution in [-0.2, 0) is 0 Å². The minimum absolute atomic E-state index is 0.168. The molecule has 1 aliphatic heterocycles. The molecule has 1 rings (SSSR count). The average molecular weight is 235 g/mol. The first-order valence-electron chi connectivity index (χ1n) is 5.40. The molecule has 6 heteroatoms. The maximum Gasteiger partial charge on any atom is 0.389 e. The lowest BCUT2D eigenvalue weighted by Crippen LogP contribution is -2.46. The van der Waals surface area contributed by atoms with Crippen molar-refractivity contribution in [3.05, 3.63) is 0 Å². The molecule has 0 radical (unpaired) electrons. The van der Waals surface area contributed by atoms with Gasteiger partial charge in [0, 0.05) is 32.6 Å². The highest BCUT2D eigenvalue weighted by molar-refractivity contribution is 4.80. The second kappa shape index (κ2) is 6.06. The predicted molar refractivity (Wildman–Crippen MR) is 53.8 cm³/mol. The molecule has 16 heavy (non-hydrogen) atoms. The number of hydrogen-bond donors (Lipinski definition) is 0. The van der Waals surface area contributed by atoms with Gasteiger partial charge in [-0.3, -0.25) is 4.90 Å². The first-order chi connectivity index (χ1) is 7.51. The van der Waals surface area contributed by atoms with E-state index in [2.05, 4.69) is 6.07 Å². The van der Waals surface area contributed by atoms with Gasteiger partial charge in [0.15, 0.2) is 0 Å². The van der Waals surface area contributed by atoms with Crippen molar-refractivity contribution in [1.82, 2.24) is 9.80 Å². The summed E-state index contributed by atoms with van der Waals surface area (Å²) in [5, 5.41) is 8.49. The van der Waals surface area contributed by atoms with E-state index in [1.807, 2.05) is 9.80 Å². The summed E-state index contributed by atoms with van der Waals surface area (Å²) in [4.78, 5) is 4.04. The monoisotopic (exact) mass is 235 g/mol. The van der Waals surface area contributed by atoms with E-state index in [1.54, 1.807) is 0 Å². The molecule has 0 unspecified atom stereocenters. The number of rotatable bonds is 4. The number of hydrogen-bond acceptors (Lipinski definition) is 3. The topological polar surface area (TPSA) is 30.3 Å². The van der Waals surface area contributed by atoms with E-state index in [4.69, 9.17) is 5.26 Å². The van der Waals surface area contributed by atoms with Gasteiger partial charge >= 0.3 is 6.18 Å². The van der Waals surface area contributed by atoms with Gasteiger partial charge in [-0.25, -0.2) is 0 Å². The molecule has 0 atom stereocenters. The SMILES string of the molecule is N#CCN1CCN(CCCC(F)(F)F)CC1. The van der Waals surface area contributed by atoms with Crippen molar-refractivity contribution in [3.8, 4) is 6.07 Å². The second-order valence-corrected chi connectivity index (χ2v) is 3.99. The standard InChI is InChI=1S/C10H16F3N3/c11-10(12,13)2-1-4-15-6-8-16(5-3-14)9-7-15/h1-2,4-9H2. The third-order valence-corrected chi connectivity index (χ3v) is 2.69. The van der Waals surface area contributed by atoms with Crippen molar-refractivity contribution in [2.24, 2.45) is 0 Å². The van der Waals surface area contributed by atoms with Gasteiger partial charge in [-0.15, -0.1) is 0 Å². The van der Waals surface area contributed by atoms with Crippen LogP contribution in [0.4, 0.5) is 13.2 Å². The van der Waals surface area contributed by atoms with Crippen LogP contribution in [0.25, 0.3) is 0 Å². The van der Waals surface area contributed by atoms with Crippen molar-refractivity contribution in [1.29, 1.82) is 5.26 Å². The summed E-state index contributed by atoms with van der Waals surface area (Å²) in [6.45, 7) is 3.99. The molecule has 3 nitrogen and oxygen atoms in total.